The van der Waals surface area contributed by atoms with E-state index in [-0.39, 0.29) is 12.3 Å². The van der Waals surface area contributed by atoms with Gasteiger partial charge in [0.2, 0.25) is 5.91 Å². The van der Waals surface area contributed by atoms with E-state index in [9.17, 15) is 9.59 Å². The number of carbonyl (C=O) groups excluding carboxylic acids is 2. The summed E-state index contributed by atoms with van der Waals surface area (Å²) in [5.74, 6) is -0.338. The van der Waals surface area contributed by atoms with Crippen molar-refractivity contribution in [1.82, 2.24) is 10.5 Å². The Morgan fingerprint density at radius 1 is 1.47 bits per heavy atom. The Balaban J connectivity index is 2.50. The number of hydrogen-bond acceptors (Lipinski definition) is 6. The molecule has 0 aliphatic carbocycles. The molecule has 1 atom stereocenters. The number of nitrogens with zero attached hydrogens (tertiary/aromatic N) is 1. The summed E-state index contributed by atoms with van der Waals surface area (Å²) >= 11 is 0. The predicted molar refractivity (Wildman–Crippen MR) is 65.3 cm³/mol. The quantitative estimate of drug-likeness (QED) is 0.698. The highest BCUT2D eigenvalue weighted by Crippen LogP contribution is 2.14. The molecule has 0 bridgehead atoms. The minimum atomic E-state index is -1.03. The Hall–Kier alpha value is -1.89. The van der Waals surface area contributed by atoms with Crippen molar-refractivity contribution in [3.8, 4) is 0 Å². The highest BCUT2D eigenvalue weighted by molar-refractivity contribution is 5.84. The molecular weight excluding hydrogens is 252 g/mol. The average Bonchev–Trinajstić information content (AvgIpc) is 2.72. The van der Waals surface area contributed by atoms with Crippen LogP contribution in [0.2, 0.25) is 0 Å². The minimum absolute atomic E-state index is 0.177. The van der Waals surface area contributed by atoms with Crippen LogP contribution in [-0.2, 0) is 20.7 Å². The number of rotatable bonds is 6. The molecule has 0 aromatic carbocycles. The lowest BCUT2D eigenvalue weighted by molar-refractivity contribution is -0.146. The van der Waals surface area contributed by atoms with Crippen LogP contribution in [0, 0.1) is 13.8 Å². The maximum Gasteiger partial charge on any atom is 0.330 e. The first-order valence-corrected chi connectivity index (χ1v) is 5.89. The predicted octanol–water partition coefficient (Wildman–Crippen LogP) is -0.126. The first kappa shape index (κ1) is 15.2. The van der Waals surface area contributed by atoms with Gasteiger partial charge in [-0.2, -0.15) is 0 Å². The summed E-state index contributed by atoms with van der Waals surface area (Å²) in [5.41, 5.74) is 1.63. The zero-order valence-corrected chi connectivity index (χ0v) is 11.2. The molecule has 1 aromatic heterocycles. The Kier molecular flexibility index (Phi) is 5.50. The fourth-order valence-electron chi connectivity index (χ4n) is 1.69. The van der Waals surface area contributed by atoms with Crippen molar-refractivity contribution in [1.29, 1.82) is 0 Å². The van der Waals surface area contributed by atoms with Crippen LogP contribution in [-0.4, -0.2) is 41.9 Å². The van der Waals surface area contributed by atoms with E-state index < -0.39 is 18.6 Å². The molecule has 1 rings (SSSR count). The van der Waals surface area contributed by atoms with Gasteiger partial charge in [0.25, 0.3) is 0 Å². The van der Waals surface area contributed by atoms with Gasteiger partial charge in [0.1, 0.15) is 5.76 Å². The minimum Gasteiger partial charge on any atom is -0.467 e. The normalized spacial score (nSPS) is 12.0. The molecule has 1 heterocycles. The van der Waals surface area contributed by atoms with Gasteiger partial charge in [0, 0.05) is 12.0 Å². The molecule has 0 aliphatic heterocycles. The van der Waals surface area contributed by atoms with E-state index in [1.807, 2.05) is 0 Å². The second-order valence-corrected chi connectivity index (χ2v) is 4.13. The summed E-state index contributed by atoms with van der Waals surface area (Å²) in [7, 11) is 1.20. The number of nitrogens with one attached hydrogen (secondary N) is 1. The van der Waals surface area contributed by atoms with Crippen LogP contribution in [0.25, 0.3) is 0 Å². The number of carbonyl (C=O) groups is 2. The summed E-state index contributed by atoms with van der Waals surface area (Å²) in [6.45, 7) is 3.08. The number of hydrogen-bond donors (Lipinski definition) is 2. The SMILES string of the molecule is COC(=O)C(CO)NC(=O)CCc1c(C)noc1C. The molecule has 0 spiro atoms. The largest absolute Gasteiger partial charge is 0.467 e. The van der Waals surface area contributed by atoms with Crippen LogP contribution in [0.15, 0.2) is 4.52 Å². The van der Waals surface area contributed by atoms with Crippen LogP contribution >= 0.6 is 0 Å². The van der Waals surface area contributed by atoms with E-state index >= 15 is 0 Å². The van der Waals surface area contributed by atoms with Gasteiger partial charge in [0.15, 0.2) is 6.04 Å². The van der Waals surface area contributed by atoms with Crippen LogP contribution in [0.3, 0.4) is 0 Å². The second kappa shape index (κ2) is 6.89. The number of esters is 1. The Morgan fingerprint density at radius 3 is 2.63 bits per heavy atom. The number of aryl methyl sites for hydroxylation is 2. The maximum atomic E-state index is 11.7. The molecule has 0 radical (unpaired) electrons. The molecule has 0 saturated heterocycles. The Morgan fingerprint density at radius 2 is 2.16 bits per heavy atom. The molecule has 0 fully saturated rings. The molecular formula is C12H18N2O5. The van der Waals surface area contributed by atoms with Crippen molar-refractivity contribution >= 4 is 11.9 Å². The highest BCUT2D eigenvalue weighted by Gasteiger charge is 2.20. The van der Waals surface area contributed by atoms with Gasteiger partial charge in [0.05, 0.1) is 19.4 Å². The number of aliphatic hydroxyl groups excluding tert-OH is 1. The zero-order valence-electron chi connectivity index (χ0n) is 11.2. The number of ether oxygens (including phenoxy) is 1. The van der Waals surface area contributed by atoms with E-state index in [4.69, 9.17) is 9.63 Å². The van der Waals surface area contributed by atoms with Crippen molar-refractivity contribution in [2.24, 2.45) is 0 Å². The lowest BCUT2D eigenvalue weighted by atomic mass is 10.1. The Labute approximate surface area is 110 Å². The maximum absolute atomic E-state index is 11.7. The van der Waals surface area contributed by atoms with Crippen molar-refractivity contribution in [2.75, 3.05) is 13.7 Å². The lowest BCUT2D eigenvalue weighted by Gasteiger charge is -2.13. The van der Waals surface area contributed by atoms with Gasteiger partial charge in [-0.05, 0) is 20.3 Å². The van der Waals surface area contributed by atoms with E-state index in [1.165, 1.54) is 7.11 Å². The van der Waals surface area contributed by atoms with E-state index in [0.717, 1.165) is 11.3 Å². The molecule has 2 N–H and O–H groups in total. The van der Waals surface area contributed by atoms with E-state index in [1.54, 1.807) is 13.8 Å². The number of aromatic nitrogens is 1. The van der Waals surface area contributed by atoms with Gasteiger partial charge in [-0.3, -0.25) is 4.79 Å². The molecule has 19 heavy (non-hydrogen) atoms. The number of aliphatic hydroxyl groups is 1. The van der Waals surface area contributed by atoms with Crippen molar-refractivity contribution < 1.29 is 24.0 Å². The molecule has 0 aliphatic rings. The fraction of sp³-hybridized carbons (Fsp3) is 0.583. The molecule has 0 saturated carbocycles. The monoisotopic (exact) mass is 270 g/mol. The summed E-state index contributed by atoms with van der Waals surface area (Å²) in [4.78, 5) is 22.9. The van der Waals surface area contributed by atoms with Gasteiger partial charge in [-0.25, -0.2) is 4.79 Å². The molecule has 106 valence electrons. The average molecular weight is 270 g/mol. The van der Waals surface area contributed by atoms with Crippen molar-refractivity contribution in [3.63, 3.8) is 0 Å². The van der Waals surface area contributed by atoms with Gasteiger partial charge in [-0.1, -0.05) is 5.16 Å². The van der Waals surface area contributed by atoms with Gasteiger partial charge in [-0.15, -0.1) is 0 Å². The molecule has 7 heteroatoms. The number of amides is 1. The van der Waals surface area contributed by atoms with Gasteiger partial charge >= 0.3 is 5.97 Å². The molecule has 7 nitrogen and oxygen atoms in total. The second-order valence-electron chi connectivity index (χ2n) is 4.13. The van der Waals surface area contributed by atoms with Gasteiger partial charge < -0.3 is 19.7 Å². The van der Waals surface area contributed by atoms with Crippen LogP contribution < -0.4 is 5.32 Å². The summed E-state index contributed by atoms with van der Waals surface area (Å²) in [6, 6.07) is -1.03. The first-order valence-electron chi connectivity index (χ1n) is 5.89. The fourth-order valence-corrected chi connectivity index (χ4v) is 1.69. The van der Waals surface area contributed by atoms with Crippen molar-refractivity contribution in [3.05, 3.63) is 17.0 Å². The van der Waals surface area contributed by atoms with E-state index in [2.05, 4.69) is 15.2 Å². The third-order valence-electron chi connectivity index (χ3n) is 2.79. The highest BCUT2D eigenvalue weighted by atomic mass is 16.5. The summed E-state index contributed by atoms with van der Waals surface area (Å²) < 4.78 is 9.44. The molecule has 1 aromatic rings. The topological polar surface area (TPSA) is 102 Å². The zero-order chi connectivity index (χ0) is 14.4. The third-order valence-corrected chi connectivity index (χ3v) is 2.79. The summed E-state index contributed by atoms with van der Waals surface area (Å²) in [6.07, 6.45) is 0.642. The van der Waals surface area contributed by atoms with Crippen LogP contribution in [0.4, 0.5) is 0 Å². The molecule has 1 amide bonds. The van der Waals surface area contributed by atoms with E-state index in [0.29, 0.717) is 12.2 Å². The standard InChI is InChI=1S/C12H18N2O5/c1-7-9(8(2)19-14-7)4-5-11(16)13-10(6-15)12(17)18-3/h10,15H,4-6H2,1-3H3,(H,13,16). The Bertz CT molecular complexity index is 435. The van der Waals surface area contributed by atoms with Crippen LogP contribution in [0.1, 0.15) is 23.4 Å². The van der Waals surface area contributed by atoms with Crippen LogP contribution in [0.5, 0.6) is 0 Å². The first-order chi connectivity index (χ1) is 8.99. The molecule has 1 unspecified atom stereocenters. The van der Waals surface area contributed by atoms with Crippen molar-refractivity contribution in [2.45, 2.75) is 32.7 Å². The third kappa shape index (κ3) is 4.06. The summed E-state index contributed by atoms with van der Waals surface area (Å²) in [5, 5.41) is 15.2. The lowest BCUT2D eigenvalue weighted by Crippen LogP contribution is -2.44. The smallest absolute Gasteiger partial charge is 0.330 e. The number of methoxy groups -OCH3 is 1.